The van der Waals surface area contributed by atoms with Crippen LogP contribution in [0.3, 0.4) is 0 Å². The van der Waals surface area contributed by atoms with Crippen LogP contribution in [0.5, 0.6) is 0 Å². The average Bonchev–Trinajstić information content (AvgIpc) is 2.12. The van der Waals surface area contributed by atoms with E-state index in [0.717, 1.165) is 18.9 Å². The zero-order valence-corrected chi connectivity index (χ0v) is 9.46. The maximum atomic E-state index is 11.0. The molecule has 2 bridgehead atoms. The average molecular weight is 211 g/mol. The Balaban J connectivity index is 2.03. The topological polar surface area (TPSA) is 58.4 Å². The highest BCUT2D eigenvalue weighted by Gasteiger charge is 2.34. The number of nitrogens with zero attached hydrogens (tertiary/aromatic N) is 1. The quantitative estimate of drug-likeness (QED) is 0.677. The third-order valence-corrected chi connectivity index (χ3v) is 3.81. The maximum absolute atomic E-state index is 11.0. The Hall–Kier alpha value is -0.770. The van der Waals surface area contributed by atoms with E-state index < -0.39 is 6.03 Å². The second-order valence-electron chi connectivity index (χ2n) is 5.31. The molecule has 15 heavy (non-hydrogen) atoms. The fourth-order valence-electron chi connectivity index (χ4n) is 2.93. The molecule has 0 saturated carbocycles. The molecule has 4 heteroatoms. The molecule has 3 aliphatic heterocycles. The molecule has 1 atom stereocenters. The van der Waals surface area contributed by atoms with Crippen LogP contribution in [-0.4, -0.2) is 36.1 Å². The summed E-state index contributed by atoms with van der Waals surface area (Å²) in [6, 6.07) is -0.393. The van der Waals surface area contributed by atoms with E-state index in [2.05, 4.69) is 17.1 Å². The van der Waals surface area contributed by atoms with Gasteiger partial charge in [-0.25, -0.2) is 4.79 Å². The summed E-state index contributed by atoms with van der Waals surface area (Å²) in [7, 11) is 0. The highest BCUT2D eigenvalue weighted by molar-refractivity contribution is 5.72. The van der Waals surface area contributed by atoms with Gasteiger partial charge in [-0.05, 0) is 51.6 Å². The molecule has 3 fully saturated rings. The van der Waals surface area contributed by atoms with E-state index in [1.54, 1.807) is 0 Å². The molecule has 2 amide bonds. The first-order valence-electron chi connectivity index (χ1n) is 5.87. The number of hydrogen-bond donors (Lipinski definition) is 2. The van der Waals surface area contributed by atoms with Crippen molar-refractivity contribution in [2.24, 2.45) is 11.7 Å². The van der Waals surface area contributed by atoms with Crippen molar-refractivity contribution < 1.29 is 4.79 Å². The lowest BCUT2D eigenvalue weighted by atomic mass is 9.82. The van der Waals surface area contributed by atoms with E-state index in [1.165, 1.54) is 32.4 Å². The normalized spacial score (nSPS) is 40.6. The van der Waals surface area contributed by atoms with Gasteiger partial charge in [-0.15, -0.1) is 0 Å². The van der Waals surface area contributed by atoms with E-state index in [4.69, 9.17) is 5.73 Å². The minimum absolute atomic E-state index is 0.120. The number of carbonyl (C=O) groups excluding carboxylic acids is 1. The number of urea groups is 1. The molecule has 3 saturated heterocycles. The summed E-state index contributed by atoms with van der Waals surface area (Å²) in [5.74, 6) is 0.857. The Kier molecular flexibility index (Phi) is 2.87. The number of carbonyl (C=O) groups is 1. The first-order valence-corrected chi connectivity index (χ1v) is 5.87. The van der Waals surface area contributed by atoms with Crippen LogP contribution in [0.15, 0.2) is 0 Å². The van der Waals surface area contributed by atoms with Crippen LogP contribution in [0.2, 0.25) is 0 Å². The summed E-state index contributed by atoms with van der Waals surface area (Å²) < 4.78 is 0. The molecule has 3 rings (SSSR count). The predicted molar refractivity (Wildman–Crippen MR) is 59.5 cm³/mol. The van der Waals surface area contributed by atoms with Gasteiger partial charge in [0.05, 0.1) is 5.54 Å². The van der Waals surface area contributed by atoms with Crippen molar-refractivity contribution in [3.05, 3.63) is 0 Å². The van der Waals surface area contributed by atoms with Crippen molar-refractivity contribution in [1.82, 2.24) is 10.2 Å². The van der Waals surface area contributed by atoms with Gasteiger partial charge in [-0.1, -0.05) is 0 Å². The van der Waals surface area contributed by atoms with Crippen molar-refractivity contribution in [1.29, 1.82) is 0 Å². The minimum Gasteiger partial charge on any atom is -0.352 e. The highest BCUT2D eigenvalue weighted by atomic mass is 16.2. The molecule has 0 spiro atoms. The molecule has 3 heterocycles. The lowest BCUT2D eigenvalue weighted by molar-refractivity contribution is 0.0982. The van der Waals surface area contributed by atoms with E-state index >= 15 is 0 Å². The zero-order chi connectivity index (χ0) is 10.9. The summed E-state index contributed by atoms with van der Waals surface area (Å²) in [6.07, 6.45) is 4.93. The summed E-state index contributed by atoms with van der Waals surface area (Å²) >= 11 is 0. The summed E-state index contributed by atoms with van der Waals surface area (Å²) in [5, 5.41) is 2.91. The number of nitrogens with one attached hydrogen (secondary N) is 1. The standard InChI is InChI=1S/C11H21N3O/c1-11(13-10(12)15)5-2-9-3-6-14(8-11)7-4-9/h9H,2-8H2,1H3,(H3,12,13,15). The van der Waals surface area contributed by atoms with E-state index in [1.807, 2.05) is 0 Å². The summed E-state index contributed by atoms with van der Waals surface area (Å²) in [4.78, 5) is 13.4. The van der Waals surface area contributed by atoms with Gasteiger partial charge in [-0.3, -0.25) is 0 Å². The molecule has 4 nitrogen and oxygen atoms in total. The van der Waals surface area contributed by atoms with Gasteiger partial charge in [0, 0.05) is 6.54 Å². The molecule has 3 N–H and O–H groups in total. The van der Waals surface area contributed by atoms with Gasteiger partial charge < -0.3 is 16.0 Å². The third kappa shape index (κ3) is 2.62. The zero-order valence-electron chi connectivity index (χ0n) is 9.46. The highest BCUT2D eigenvalue weighted by Crippen LogP contribution is 2.30. The molecule has 0 aromatic heterocycles. The molecule has 0 radical (unpaired) electrons. The number of nitrogens with two attached hydrogens (primary N) is 1. The smallest absolute Gasteiger partial charge is 0.312 e. The van der Waals surface area contributed by atoms with Gasteiger partial charge in [0.2, 0.25) is 0 Å². The first-order chi connectivity index (χ1) is 7.07. The Morgan fingerprint density at radius 3 is 2.67 bits per heavy atom. The number of amides is 2. The Morgan fingerprint density at radius 1 is 1.40 bits per heavy atom. The lowest BCUT2D eigenvalue weighted by Crippen LogP contribution is -2.57. The second kappa shape index (κ2) is 4.00. The van der Waals surface area contributed by atoms with Gasteiger partial charge >= 0.3 is 6.03 Å². The van der Waals surface area contributed by atoms with Crippen LogP contribution in [0.1, 0.15) is 32.6 Å². The van der Waals surface area contributed by atoms with E-state index in [-0.39, 0.29) is 5.54 Å². The van der Waals surface area contributed by atoms with Crippen molar-refractivity contribution >= 4 is 6.03 Å². The second-order valence-corrected chi connectivity index (χ2v) is 5.31. The molecule has 86 valence electrons. The van der Waals surface area contributed by atoms with Crippen molar-refractivity contribution in [2.75, 3.05) is 19.6 Å². The summed E-state index contributed by atoms with van der Waals surface area (Å²) in [5.41, 5.74) is 5.11. The van der Waals surface area contributed by atoms with E-state index in [0.29, 0.717) is 0 Å². The van der Waals surface area contributed by atoms with Gasteiger partial charge in [-0.2, -0.15) is 0 Å². The molecule has 1 unspecified atom stereocenters. The number of fused-ring (bicyclic) bond motifs is 5. The van der Waals surface area contributed by atoms with Gasteiger partial charge in [0.1, 0.15) is 0 Å². The van der Waals surface area contributed by atoms with Crippen LogP contribution >= 0.6 is 0 Å². The fourth-order valence-corrected chi connectivity index (χ4v) is 2.93. The van der Waals surface area contributed by atoms with Crippen LogP contribution in [0.25, 0.3) is 0 Å². The molecule has 0 aliphatic carbocycles. The predicted octanol–water partition coefficient (Wildman–Crippen LogP) is 0.919. The van der Waals surface area contributed by atoms with Gasteiger partial charge in [0.15, 0.2) is 0 Å². The SMILES string of the molecule is CC1(NC(N)=O)CCC2CCN(CC2)C1. The first kappa shape index (κ1) is 10.7. The molecule has 0 aromatic carbocycles. The number of piperidine rings is 1. The fraction of sp³-hybridized carbons (Fsp3) is 0.909. The van der Waals surface area contributed by atoms with Crippen molar-refractivity contribution in [3.63, 3.8) is 0 Å². The number of rotatable bonds is 1. The van der Waals surface area contributed by atoms with Gasteiger partial charge in [0.25, 0.3) is 0 Å². The third-order valence-electron chi connectivity index (χ3n) is 3.81. The Labute approximate surface area is 91.2 Å². The Morgan fingerprint density at radius 2 is 2.07 bits per heavy atom. The largest absolute Gasteiger partial charge is 0.352 e. The number of hydrogen-bond acceptors (Lipinski definition) is 2. The van der Waals surface area contributed by atoms with E-state index in [9.17, 15) is 4.79 Å². The number of primary amides is 1. The molecular weight excluding hydrogens is 190 g/mol. The minimum atomic E-state index is -0.393. The Bertz CT molecular complexity index is 248. The van der Waals surface area contributed by atoms with Crippen molar-refractivity contribution in [3.8, 4) is 0 Å². The van der Waals surface area contributed by atoms with Crippen LogP contribution in [0, 0.1) is 5.92 Å². The molecule has 3 aliphatic rings. The monoisotopic (exact) mass is 211 g/mol. The van der Waals surface area contributed by atoms with Crippen molar-refractivity contribution in [2.45, 2.75) is 38.1 Å². The lowest BCUT2D eigenvalue weighted by Gasteiger charge is -2.43. The van der Waals surface area contributed by atoms with Crippen LogP contribution in [0.4, 0.5) is 4.79 Å². The maximum Gasteiger partial charge on any atom is 0.312 e. The molecular formula is C11H21N3O. The molecule has 0 aromatic rings. The van der Waals surface area contributed by atoms with Crippen LogP contribution < -0.4 is 11.1 Å². The summed E-state index contributed by atoms with van der Waals surface area (Å²) in [6.45, 7) is 5.42. The van der Waals surface area contributed by atoms with Crippen LogP contribution in [-0.2, 0) is 0 Å².